The Morgan fingerprint density at radius 2 is 2.08 bits per heavy atom. The monoisotopic (exact) mass is 504 g/mol. The number of hydrogen-bond donors (Lipinski definition) is 3. The van der Waals surface area contributed by atoms with E-state index in [-0.39, 0.29) is 24.0 Å². The van der Waals surface area contributed by atoms with Crippen LogP contribution in [0.25, 0.3) is 0 Å². The Kier molecular flexibility index (Phi) is 4.80. The SMILES string of the molecule is COc1ccc(C)cc1NC(=O)C1C[C@@]2(O)[C@H]3Cc4ccc(O)c5c4[C@@]2(CCN3CC2CC2)[C@@H](O5)C1=O. The summed E-state index contributed by atoms with van der Waals surface area (Å²) in [5.41, 5.74) is 0.916. The van der Waals surface area contributed by atoms with Crippen LogP contribution in [0.4, 0.5) is 5.69 Å². The molecule has 3 aliphatic carbocycles. The first-order valence-electron chi connectivity index (χ1n) is 13.2. The van der Waals surface area contributed by atoms with Crippen LogP contribution < -0.4 is 14.8 Å². The smallest absolute Gasteiger partial charge is 0.235 e. The Hall–Kier alpha value is -3.10. The summed E-state index contributed by atoms with van der Waals surface area (Å²) in [6.45, 7) is 3.58. The number of aliphatic hydroxyl groups is 1. The molecule has 1 amide bonds. The zero-order valence-electron chi connectivity index (χ0n) is 21.1. The minimum atomic E-state index is -1.34. The highest BCUT2D eigenvalue weighted by atomic mass is 16.5. The molecule has 5 atom stereocenters. The largest absolute Gasteiger partial charge is 0.504 e. The number of piperidine rings is 1. The number of carbonyl (C=O) groups is 2. The first-order valence-corrected chi connectivity index (χ1v) is 13.2. The summed E-state index contributed by atoms with van der Waals surface area (Å²) in [5.74, 6) is -0.489. The van der Waals surface area contributed by atoms with Gasteiger partial charge >= 0.3 is 0 Å². The highest BCUT2D eigenvalue weighted by molar-refractivity contribution is 6.11. The van der Waals surface area contributed by atoms with Crippen LogP contribution in [0.3, 0.4) is 0 Å². The van der Waals surface area contributed by atoms with Gasteiger partial charge in [0.15, 0.2) is 23.4 Å². The van der Waals surface area contributed by atoms with Gasteiger partial charge in [-0.25, -0.2) is 0 Å². The Morgan fingerprint density at radius 1 is 1.27 bits per heavy atom. The number of nitrogens with zero attached hydrogens (tertiary/aromatic N) is 1. The predicted molar refractivity (Wildman–Crippen MR) is 135 cm³/mol. The van der Waals surface area contributed by atoms with Gasteiger partial charge in [0.1, 0.15) is 11.7 Å². The molecule has 37 heavy (non-hydrogen) atoms. The van der Waals surface area contributed by atoms with E-state index >= 15 is 0 Å². The fraction of sp³-hybridized carbons (Fsp3) is 0.517. The Balaban J connectivity index is 1.31. The fourth-order valence-electron chi connectivity index (χ4n) is 7.66. The van der Waals surface area contributed by atoms with Crippen molar-refractivity contribution in [1.82, 2.24) is 4.90 Å². The van der Waals surface area contributed by atoms with Gasteiger partial charge in [0, 0.05) is 18.2 Å². The summed E-state index contributed by atoms with van der Waals surface area (Å²) < 4.78 is 11.6. The van der Waals surface area contributed by atoms with Crippen molar-refractivity contribution < 1.29 is 29.3 Å². The van der Waals surface area contributed by atoms with Gasteiger partial charge in [0.2, 0.25) is 5.91 Å². The summed E-state index contributed by atoms with van der Waals surface area (Å²) in [4.78, 5) is 30.1. The van der Waals surface area contributed by atoms with E-state index in [2.05, 4.69) is 10.2 Å². The van der Waals surface area contributed by atoms with E-state index in [4.69, 9.17) is 9.47 Å². The van der Waals surface area contributed by atoms with E-state index < -0.39 is 28.9 Å². The van der Waals surface area contributed by atoms with E-state index in [1.165, 1.54) is 20.0 Å². The molecule has 0 radical (unpaired) electrons. The lowest BCUT2D eigenvalue weighted by Crippen LogP contribution is -2.78. The molecule has 2 aromatic carbocycles. The van der Waals surface area contributed by atoms with Crippen LogP contribution in [0.1, 0.15) is 42.4 Å². The molecule has 194 valence electrons. The third-order valence-electron chi connectivity index (χ3n) is 9.56. The molecule has 1 spiro atoms. The number of amides is 1. The number of ether oxygens (including phenoxy) is 2. The number of Topliss-reactive ketones (excluding diaryl/α,β-unsaturated/α-hetero) is 1. The summed E-state index contributed by atoms with van der Waals surface area (Å²) in [5, 5.41) is 26.3. The number of carbonyl (C=O) groups excluding carboxylic acids is 2. The quantitative estimate of drug-likeness (QED) is 0.538. The number of aromatic hydroxyl groups is 1. The molecule has 2 heterocycles. The number of phenolic OH excluding ortho intramolecular Hbond substituents is 1. The first-order chi connectivity index (χ1) is 17.8. The third kappa shape index (κ3) is 3.03. The van der Waals surface area contributed by atoms with Crippen molar-refractivity contribution in [2.45, 2.75) is 62.2 Å². The minimum Gasteiger partial charge on any atom is -0.504 e. The van der Waals surface area contributed by atoms with Gasteiger partial charge in [-0.1, -0.05) is 12.1 Å². The van der Waals surface area contributed by atoms with Crippen LogP contribution in [0, 0.1) is 18.8 Å². The molecular weight excluding hydrogens is 472 g/mol. The van der Waals surface area contributed by atoms with Crippen molar-refractivity contribution in [2.75, 3.05) is 25.5 Å². The number of aryl methyl sites for hydroxylation is 1. The van der Waals surface area contributed by atoms with Crippen LogP contribution in [0.5, 0.6) is 17.2 Å². The second-order valence-electron chi connectivity index (χ2n) is 11.6. The van der Waals surface area contributed by atoms with Crippen molar-refractivity contribution in [3.8, 4) is 17.2 Å². The van der Waals surface area contributed by atoms with Crippen LogP contribution in [0.2, 0.25) is 0 Å². The van der Waals surface area contributed by atoms with Gasteiger partial charge < -0.3 is 25.0 Å². The molecule has 8 heteroatoms. The lowest BCUT2D eigenvalue weighted by atomic mass is 9.47. The van der Waals surface area contributed by atoms with Crippen LogP contribution in [0.15, 0.2) is 30.3 Å². The van der Waals surface area contributed by atoms with Gasteiger partial charge in [-0.3, -0.25) is 14.5 Å². The average Bonchev–Trinajstić information content (AvgIpc) is 3.61. The maximum atomic E-state index is 14.0. The van der Waals surface area contributed by atoms with Crippen LogP contribution in [-0.2, 0) is 21.4 Å². The highest BCUT2D eigenvalue weighted by Gasteiger charge is 2.75. The molecule has 2 aliphatic heterocycles. The number of nitrogens with one attached hydrogen (secondary N) is 1. The number of benzene rings is 2. The maximum Gasteiger partial charge on any atom is 0.235 e. The maximum absolute atomic E-state index is 14.0. The average molecular weight is 505 g/mol. The number of hydrogen-bond acceptors (Lipinski definition) is 7. The molecule has 1 unspecified atom stereocenters. The topological polar surface area (TPSA) is 108 Å². The van der Waals surface area contributed by atoms with Crippen molar-refractivity contribution in [3.63, 3.8) is 0 Å². The van der Waals surface area contributed by atoms with Crippen molar-refractivity contribution >= 4 is 17.4 Å². The zero-order chi connectivity index (χ0) is 25.7. The molecule has 2 aromatic rings. The molecule has 5 aliphatic rings. The van der Waals surface area contributed by atoms with Crippen LogP contribution >= 0.6 is 0 Å². The number of ketones is 1. The number of likely N-dealkylation sites (tertiary alicyclic amines) is 1. The van der Waals surface area contributed by atoms with E-state index in [9.17, 15) is 19.8 Å². The summed E-state index contributed by atoms with van der Waals surface area (Å²) in [6, 6.07) is 8.76. The summed E-state index contributed by atoms with van der Waals surface area (Å²) in [7, 11) is 1.53. The second kappa shape index (κ2) is 7.71. The molecule has 3 N–H and O–H groups in total. The predicted octanol–water partition coefficient (Wildman–Crippen LogP) is 2.71. The van der Waals surface area contributed by atoms with Gasteiger partial charge in [0.25, 0.3) is 0 Å². The lowest BCUT2D eigenvalue weighted by Gasteiger charge is -2.63. The number of phenols is 1. The van der Waals surface area contributed by atoms with Gasteiger partial charge in [-0.05, 0) is 80.8 Å². The minimum absolute atomic E-state index is 0.0199. The van der Waals surface area contributed by atoms with Gasteiger partial charge in [-0.2, -0.15) is 0 Å². The van der Waals surface area contributed by atoms with Crippen molar-refractivity contribution in [2.24, 2.45) is 11.8 Å². The Bertz CT molecular complexity index is 1340. The summed E-state index contributed by atoms with van der Waals surface area (Å²) >= 11 is 0. The van der Waals surface area contributed by atoms with E-state index in [1.807, 2.05) is 19.1 Å². The molecule has 7 rings (SSSR count). The van der Waals surface area contributed by atoms with E-state index in [0.717, 1.165) is 29.8 Å². The van der Waals surface area contributed by atoms with Gasteiger partial charge in [-0.15, -0.1) is 0 Å². The van der Waals surface area contributed by atoms with Crippen molar-refractivity contribution in [3.05, 3.63) is 47.0 Å². The van der Waals surface area contributed by atoms with Crippen LogP contribution in [-0.4, -0.2) is 64.7 Å². The number of rotatable bonds is 5. The Labute approximate surface area is 215 Å². The zero-order valence-corrected chi connectivity index (χ0v) is 21.1. The second-order valence-corrected chi connectivity index (χ2v) is 11.6. The third-order valence-corrected chi connectivity index (χ3v) is 9.56. The van der Waals surface area contributed by atoms with E-state index in [1.54, 1.807) is 18.2 Å². The fourth-order valence-corrected chi connectivity index (χ4v) is 7.66. The molecule has 2 bridgehead atoms. The molecule has 1 saturated heterocycles. The molecule has 0 aromatic heterocycles. The van der Waals surface area contributed by atoms with Crippen molar-refractivity contribution in [1.29, 1.82) is 0 Å². The first kappa shape index (κ1) is 23.0. The normalized spacial score (nSPS) is 33.5. The molecular formula is C29H32N2O6. The number of anilines is 1. The Morgan fingerprint density at radius 3 is 2.84 bits per heavy atom. The summed E-state index contributed by atoms with van der Waals surface area (Å²) in [6.07, 6.45) is 2.55. The lowest BCUT2D eigenvalue weighted by molar-refractivity contribution is -0.197. The van der Waals surface area contributed by atoms with E-state index in [0.29, 0.717) is 35.9 Å². The van der Waals surface area contributed by atoms with Gasteiger partial charge in [0.05, 0.1) is 23.8 Å². The molecule has 3 fully saturated rings. The highest BCUT2D eigenvalue weighted by Crippen LogP contribution is 2.65. The standard InChI is InChI=1S/C29H32N2O6/c1-15-3-8-21(36-2)19(11-15)30-27(34)18-13-29(35)22-12-17-6-7-20(32)25-23(17)28(29,26(37-25)24(18)33)9-10-31(22)14-16-4-5-16/h3,6-8,11,16,18,22,26,32,35H,4-5,9-10,12-14H2,1-2H3,(H,30,34)/t18?,22-,26+,28+,29-/m1/s1. The number of methoxy groups -OCH3 is 1. The molecule has 8 nitrogen and oxygen atoms in total. The molecule has 2 saturated carbocycles.